The quantitative estimate of drug-likeness (QED) is 0.689. The molecular weight excluding hydrogens is 235 g/mol. The van der Waals surface area contributed by atoms with Crippen molar-refractivity contribution in [2.24, 2.45) is 0 Å². The molecule has 0 bridgehead atoms. The lowest BCUT2D eigenvalue weighted by Crippen LogP contribution is -1.66. The van der Waals surface area contributed by atoms with Crippen LogP contribution in [0, 0.1) is 0 Å². The van der Waals surface area contributed by atoms with E-state index in [0.717, 1.165) is 8.75 Å². The molecule has 2 aromatic rings. The molecule has 52 valence electrons. The molecule has 2 rings (SSSR count). The van der Waals surface area contributed by atoms with Crippen molar-refractivity contribution < 1.29 is 0 Å². The molecule has 5 heteroatoms. The second-order valence-electron chi connectivity index (χ2n) is 1.79. The van der Waals surface area contributed by atoms with Crippen LogP contribution in [0.2, 0.25) is 5.15 Å². The fraction of sp³-hybridized carbons (Fsp3) is 0. The molecule has 0 aliphatic heterocycles. The fourth-order valence-corrected chi connectivity index (χ4v) is 2.32. The Balaban J connectivity index is 2.83. The van der Waals surface area contributed by atoms with Gasteiger partial charge < -0.3 is 0 Å². The number of fused-ring (bicyclic) bond motifs is 1. The first-order chi connectivity index (χ1) is 4.75. The summed E-state index contributed by atoms with van der Waals surface area (Å²) in [6.07, 6.45) is 3.71. The van der Waals surface area contributed by atoms with E-state index in [0.29, 0.717) is 5.15 Å². The van der Waals surface area contributed by atoms with Gasteiger partial charge in [0.1, 0.15) is 5.15 Å². The molecular formula is C5H2BrClN2S. The number of imidazole rings is 1. The predicted molar refractivity (Wildman–Crippen MR) is 45.8 cm³/mol. The molecule has 0 saturated carbocycles. The summed E-state index contributed by atoms with van der Waals surface area (Å²) in [6, 6.07) is 0. The van der Waals surface area contributed by atoms with Crippen LogP contribution in [0.4, 0.5) is 0 Å². The van der Waals surface area contributed by atoms with E-state index in [-0.39, 0.29) is 0 Å². The summed E-state index contributed by atoms with van der Waals surface area (Å²) < 4.78 is 2.95. The van der Waals surface area contributed by atoms with Crippen molar-refractivity contribution in [3.63, 3.8) is 0 Å². The van der Waals surface area contributed by atoms with Gasteiger partial charge in [0.25, 0.3) is 0 Å². The third-order valence-electron chi connectivity index (χ3n) is 1.10. The number of hydrogen-bond donors (Lipinski definition) is 0. The lowest BCUT2D eigenvalue weighted by molar-refractivity contribution is 1.23. The van der Waals surface area contributed by atoms with Gasteiger partial charge in [-0.15, -0.1) is 0 Å². The zero-order chi connectivity index (χ0) is 7.14. The first-order valence-corrected chi connectivity index (χ1v) is 4.54. The van der Waals surface area contributed by atoms with E-state index in [9.17, 15) is 0 Å². The van der Waals surface area contributed by atoms with Gasteiger partial charge in [0, 0.05) is 12.4 Å². The van der Waals surface area contributed by atoms with Crippen LogP contribution in [0.25, 0.3) is 4.96 Å². The maximum absolute atomic E-state index is 5.64. The van der Waals surface area contributed by atoms with Crippen LogP contribution in [-0.2, 0) is 0 Å². The summed E-state index contributed by atoms with van der Waals surface area (Å²) in [6.45, 7) is 0. The van der Waals surface area contributed by atoms with E-state index in [2.05, 4.69) is 20.9 Å². The zero-order valence-electron chi connectivity index (χ0n) is 4.71. The highest BCUT2D eigenvalue weighted by Gasteiger charge is 2.01. The van der Waals surface area contributed by atoms with Crippen LogP contribution in [0.5, 0.6) is 0 Å². The van der Waals surface area contributed by atoms with Gasteiger partial charge in [-0.1, -0.05) is 22.9 Å². The van der Waals surface area contributed by atoms with Crippen LogP contribution in [0.1, 0.15) is 0 Å². The van der Waals surface area contributed by atoms with Crippen LogP contribution >= 0.6 is 38.9 Å². The number of thiazole rings is 1. The predicted octanol–water partition coefficient (Wildman–Crippen LogP) is 2.81. The number of hydrogen-bond acceptors (Lipinski definition) is 2. The van der Waals surface area contributed by atoms with Crippen LogP contribution < -0.4 is 0 Å². The highest BCUT2D eigenvalue weighted by molar-refractivity contribution is 9.11. The van der Waals surface area contributed by atoms with Crippen molar-refractivity contribution in [1.82, 2.24) is 9.38 Å². The Bertz CT molecular complexity index is 303. The summed E-state index contributed by atoms with van der Waals surface area (Å²) in [7, 11) is 0. The van der Waals surface area contributed by atoms with Crippen LogP contribution in [-0.4, -0.2) is 9.38 Å². The molecule has 0 radical (unpaired) electrons. The fourth-order valence-electron chi connectivity index (χ4n) is 0.739. The highest BCUT2D eigenvalue weighted by Crippen LogP contribution is 2.23. The normalized spacial score (nSPS) is 11.0. The summed E-state index contributed by atoms with van der Waals surface area (Å²) in [5.41, 5.74) is 0. The molecule has 0 aromatic carbocycles. The Hall–Kier alpha value is -0.0600. The maximum atomic E-state index is 5.64. The third kappa shape index (κ3) is 0.962. The third-order valence-corrected chi connectivity index (χ3v) is 2.76. The average Bonchev–Trinajstić information content (AvgIpc) is 2.21. The van der Waals surface area contributed by atoms with Gasteiger partial charge in [0.2, 0.25) is 0 Å². The van der Waals surface area contributed by atoms with Crippen molar-refractivity contribution in [1.29, 1.82) is 0 Å². The summed E-state index contributed by atoms with van der Waals surface area (Å²) in [4.78, 5) is 4.96. The van der Waals surface area contributed by atoms with Crippen molar-refractivity contribution in [2.45, 2.75) is 0 Å². The van der Waals surface area contributed by atoms with Crippen molar-refractivity contribution >= 4 is 43.8 Å². The van der Waals surface area contributed by atoms with Gasteiger partial charge in [0.15, 0.2) is 4.96 Å². The smallest absolute Gasteiger partial charge is 0.196 e. The minimum absolute atomic E-state index is 0.541. The zero-order valence-corrected chi connectivity index (χ0v) is 7.87. The minimum Gasteiger partial charge on any atom is -0.295 e. The van der Waals surface area contributed by atoms with E-state index in [1.807, 2.05) is 10.6 Å². The lowest BCUT2D eigenvalue weighted by atomic mass is 10.9. The van der Waals surface area contributed by atoms with E-state index in [4.69, 9.17) is 11.6 Å². The molecule has 0 N–H and O–H groups in total. The van der Waals surface area contributed by atoms with E-state index in [1.165, 1.54) is 0 Å². The highest BCUT2D eigenvalue weighted by atomic mass is 79.9. The number of nitrogens with zero attached hydrogens (tertiary/aromatic N) is 2. The molecule has 0 aliphatic carbocycles. The van der Waals surface area contributed by atoms with Crippen molar-refractivity contribution in [3.05, 3.63) is 21.3 Å². The molecule has 2 heterocycles. The van der Waals surface area contributed by atoms with E-state index >= 15 is 0 Å². The van der Waals surface area contributed by atoms with Gasteiger partial charge >= 0.3 is 0 Å². The number of aromatic nitrogens is 2. The van der Waals surface area contributed by atoms with Gasteiger partial charge in [-0.3, -0.25) is 4.40 Å². The van der Waals surface area contributed by atoms with Gasteiger partial charge in [0.05, 0.1) is 3.79 Å². The van der Waals surface area contributed by atoms with Crippen molar-refractivity contribution in [2.75, 3.05) is 0 Å². The standard InChI is InChI=1S/C5H2BrClN2S/c6-3-1-9-2-4(7)8-5(9)10-3/h1-2H. The van der Waals surface area contributed by atoms with Gasteiger partial charge in [-0.05, 0) is 15.9 Å². The lowest BCUT2D eigenvalue weighted by Gasteiger charge is -1.72. The monoisotopic (exact) mass is 236 g/mol. The second kappa shape index (κ2) is 2.22. The molecule has 0 saturated heterocycles. The Morgan fingerprint density at radius 2 is 2.40 bits per heavy atom. The van der Waals surface area contributed by atoms with Crippen LogP contribution in [0.3, 0.4) is 0 Å². The van der Waals surface area contributed by atoms with E-state index < -0.39 is 0 Å². The molecule has 2 nitrogen and oxygen atoms in total. The second-order valence-corrected chi connectivity index (χ2v) is 4.56. The molecule has 10 heavy (non-hydrogen) atoms. The van der Waals surface area contributed by atoms with E-state index in [1.54, 1.807) is 17.5 Å². The Morgan fingerprint density at radius 3 is 3.10 bits per heavy atom. The molecule has 0 fully saturated rings. The largest absolute Gasteiger partial charge is 0.295 e. The Labute approximate surface area is 74.6 Å². The van der Waals surface area contributed by atoms with Gasteiger partial charge in [-0.2, -0.15) is 0 Å². The topological polar surface area (TPSA) is 17.3 Å². The molecule has 0 amide bonds. The van der Waals surface area contributed by atoms with Gasteiger partial charge in [-0.25, -0.2) is 4.98 Å². The number of rotatable bonds is 0. The molecule has 0 aliphatic rings. The summed E-state index contributed by atoms with van der Waals surface area (Å²) in [5.74, 6) is 0. The summed E-state index contributed by atoms with van der Waals surface area (Å²) >= 11 is 10.5. The average molecular weight is 238 g/mol. The molecule has 0 atom stereocenters. The maximum Gasteiger partial charge on any atom is 0.196 e. The Kier molecular flexibility index (Phi) is 1.47. The first-order valence-electron chi connectivity index (χ1n) is 2.55. The molecule has 2 aromatic heterocycles. The SMILES string of the molecule is Clc1cn2cc(Br)sc2n1. The molecule has 0 unspecified atom stereocenters. The van der Waals surface area contributed by atoms with Crippen molar-refractivity contribution in [3.8, 4) is 0 Å². The Morgan fingerprint density at radius 1 is 1.60 bits per heavy atom. The van der Waals surface area contributed by atoms with Crippen LogP contribution in [0.15, 0.2) is 16.2 Å². The first kappa shape index (κ1) is 6.64. The summed E-state index contributed by atoms with van der Waals surface area (Å²) in [5, 5.41) is 0.541. The minimum atomic E-state index is 0.541. The number of halogens is 2. The molecule has 0 spiro atoms.